The molecule has 20 heavy (non-hydrogen) atoms. The Balaban J connectivity index is 2.16. The number of aromatic nitrogens is 1. The van der Waals surface area contributed by atoms with Gasteiger partial charge in [0.1, 0.15) is 5.15 Å². The molecule has 4 nitrogen and oxygen atoms in total. The van der Waals surface area contributed by atoms with Gasteiger partial charge in [-0.1, -0.05) is 37.8 Å². The molecule has 1 heterocycles. The van der Waals surface area contributed by atoms with Crippen molar-refractivity contribution in [2.24, 2.45) is 0 Å². The van der Waals surface area contributed by atoms with Crippen molar-refractivity contribution in [1.29, 1.82) is 0 Å². The standard InChI is InChI=1S/C15H21ClN2O2/c1-2-5-12-8-11(9-13(16)17-12)14(20)18-15(10-19)6-3-4-7-15/h8-9,19H,2-7,10H2,1H3,(H,18,20). The molecule has 1 aliphatic rings. The minimum absolute atomic E-state index is 0.0145. The number of aryl methyl sites for hydroxylation is 1. The lowest BCUT2D eigenvalue weighted by Gasteiger charge is -2.28. The van der Waals surface area contributed by atoms with Crippen LogP contribution in [-0.4, -0.2) is 28.1 Å². The number of aliphatic hydroxyl groups is 1. The first-order valence-corrected chi connectivity index (χ1v) is 7.56. The average molecular weight is 297 g/mol. The largest absolute Gasteiger partial charge is 0.394 e. The molecule has 0 spiro atoms. The van der Waals surface area contributed by atoms with Gasteiger partial charge in [-0.05, 0) is 31.4 Å². The van der Waals surface area contributed by atoms with E-state index < -0.39 is 5.54 Å². The fraction of sp³-hybridized carbons (Fsp3) is 0.600. The van der Waals surface area contributed by atoms with Crippen LogP contribution in [0.2, 0.25) is 5.15 Å². The first kappa shape index (κ1) is 15.3. The normalized spacial score (nSPS) is 17.1. The molecule has 0 unspecified atom stereocenters. The first-order valence-electron chi connectivity index (χ1n) is 7.18. The van der Waals surface area contributed by atoms with E-state index in [-0.39, 0.29) is 12.5 Å². The Morgan fingerprint density at radius 3 is 2.75 bits per heavy atom. The van der Waals surface area contributed by atoms with Crippen molar-refractivity contribution in [3.8, 4) is 0 Å². The van der Waals surface area contributed by atoms with Crippen molar-refractivity contribution < 1.29 is 9.90 Å². The van der Waals surface area contributed by atoms with Crippen molar-refractivity contribution in [2.75, 3.05) is 6.61 Å². The van der Waals surface area contributed by atoms with Crippen LogP contribution in [0.5, 0.6) is 0 Å². The van der Waals surface area contributed by atoms with Gasteiger partial charge < -0.3 is 10.4 Å². The van der Waals surface area contributed by atoms with Gasteiger partial charge in [-0.25, -0.2) is 4.98 Å². The maximum atomic E-state index is 12.4. The molecule has 0 aromatic carbocycles. The van der Waals surface area contributed by atoms with Crippen LogP contribution in [0, 0.1) is 0 Å². The van der Waals surface area contributed by atoms with Crippen LogP contribution >= 0.6 is 11.6 Å². The second kappa shape index (κ2) is 6.55. The molecule has 0 aliphatic heterocycles. The smallest absolute Gasteiger partial charge is 0.251 e. The van der Waals surface area contributed by atoms with Gasteiger partial charge in [0.25, 0.3) is 5.91 Å². The van der Waals surface area contributed by atoms with Crippen LogP contribution in [0.25, 0.3) is 0 Å². The summed E-state index contributed by atoms with van der Waals surface area (Å²) in [5.74, 6) is -0.178. The third-order valence-electron chi connectivity index (χ3n) is 3.86. The molecule has 1 aromatic heterocycles. The summed E-state index contributed by atoms with van der Waals surface area (Å²) in [5, 5.41) is 12.9. The van der Waals surface area contributed by atoms with Crippen LogP contribution in [0.1, 0.15) is 55.1 Å². The minimum Gasteiger partial charge on any atom is -0.394 e. The minimum atomic E-state index is -0.461. The molecular formula is C15H21ClN2O2. The van der Waals surface area contributed by atoms with Gasteiger partial charge in [0.15, 0.2) is 0 Å². The fourth-order valence-electron chi connectivity index (χ4n) is 2.75. The molecular weight excluding hydrogens is 276 g/mol. The van der Waals surface area contributed by atoms with Gasteiger partial charge in [0.05, 0.1) is 12.1 Å². The van der Waals surface area contributed by atoms with Gasteiger partial charge in [-0.3, -0.25) is 4.79 Å². The van der Waals surface area contributed by atoms with Gasteiger partial charge >= 0.3 is 0 Å². The second-order valence-corrected chi connectivity index (χ2v) is 5.91. The topological polar surface area (TPSA) is 62.2 Å². The molecule has 0 radical (unpaired) electrons. The molecule has 2 rings (SSSR count). The third-order valence-corrected chi connectivity index (χ3v) is 4.05. The van der Waals surface area contributed by atoms with E-state index in [2.05, 4.69) is 17.2 Å². The number of hydrogen-bond acceptors (Lipinski definition) is 3. The van der Waals surface area contributed by atoms with E-state index in [1.165, 1.54) is 0 Å². The lowest BCUT2D eigenvalue weighted by atomic mass is 9.98. The number of hydrogen-bond donors (Lipinski definition) is 2. The predicted molar refractivity (Wildman–Crippen MR) is 79.0 cm³/mol. The first-order chi connectivity index (χ1) is 9.58. The Kier molecular flexibility index (Phi) is 5.00. The lowest BCUT2D eigenvalue weighted by Crippen LogP contribution is -2.49. The molecule has 1 aromatic rings. The molecule has 0 bridgehead atoms. The summed E-state index contributed by atoms with van der Waals surface area (Å²) in [6, 6.07) is 3.36. The van der Waals surface area contributed by atoms with E-state index in [0.29, 0.717) is 10.7 Å². The van der Waals surface area contributed by atoms with E-state index in [4.69, 9.17) is 11.6 Å². The molecule has 0 atom stereocenters. The zero-order valence-corrected chi connectivity index (χ0v) is 12.5. The van der Waals surface area contributed by atoms with Crippen molar-refractivity contribution in [3.63, 3.8) is 0 Å². The Hall–Kier alpha value is -1.13. The number of nitrogens with zero attached hydrogens (tertiary/aromatic N) is 1. The van der Waals surface area contributed by atoms with Crippen molar-refractivity contribution >= 4 is 17.5 Å². The lowest BCUT2D eigenvalue weighted by molar-refractivity contribution is 0.0838. The van der Waals surface area contributed by atoms with Crippen LogP contribution < -0.4 is 5.32 Å². The highest BCUT2D eigenvalue weighted by Crippen LogP contribution is 2.29. The number of carbonyl (C=O) groups excluding carboxylic acids is 1. The summed E-state index contributed by atoms with van der Waals surface area (Å²) in [6.45, 7) is 2.04. The van der Waals surface area contributed by atoms with E-state index >= 15 is 0 Å². The number of pyridine rings is 1. The van der Waals surface area contributed by atoms with Crippen LogP contribution in [-0.2, 0) is 6.42 Å². The predicted octanol–water partition coefficient (Wildman–Crippen LogP) is 2.72. The Morgan fingerprint density at radius 2 is 2.15 bits per heavy atom. The Bertz CT molecular complexity index is 485. The van der Waals surface area contributed by atoms with E-state index in [1.54, 1.807) is 12.1 Å². The number of amides is 1. The average Bonchev–Trinajstić information content (AvgIpc) is 2.87. The second-order valence-electron chi connectivity index (χ2n) is 5.52. The number of rotatable bonds is 5. The molecule has 1 aliphatic carbocycles. The third kappa shape index (κ3) is 3.49. The number of nitrogens with one attached hydrogen (secondary N) is 1. The van der Waals surface area contributed by atoms with Crippen molar-refractivity contribution in [3.05, 3.63) is 28.5 Å². The number of halogens is 1. The quantitative estimate of drug-likeness (QED) is 0.821. The van der Waals surface area contributed by atoms with Crippen molar-refractivity contribution in [1.82, 2.24) is 10.3 Å². The zero-order valence-electron chi connectivity index (χ0n) is 11.8. The highest BCUT2D eigenvalue weighted by atomic mass is 35.5. The van der Waals surface area contributed by atoms with Gasteiger partial charge in [0, 0.05) is 11.3 Å². The summed E-state index contributed by atoms with van der Waals surface area (Å²) >= 11 is 5.97. The summed E-state index contributed by atoms with van der Waals surface area (Å²) < 4.78 is 0. The van der Waals surface area contributed by atoms with E-state index in [1.807, 2.05) is 0 Å². The van der Waals surface area contributed by atoms with Gasteiger partial charge in [0.2, 0.25) is 0 Å². The molecule has 0 saturated heterocycles. The summed E-state index contributed by atoms with van der Waals surface area (Å²) in [4.78, 5) is 16.6. The SMILES string of the molecule is CCCc1cc(C(=O)NC2(CO)CCCC2)cc(Cl)n1. The monoisotopic (exact) mass is 296 g/mol. The fourth-order valence-corrected chi connectivity index (χ4v) is 2.98. The van der Waals surface area contributed by atoms with Crippen LogP contribution in [0.3, 0.4) is 0 Å². The summed E-state index contributed by atoms with van der Waals surface area (Å²) in [7, 11) is 0. The number of carbonyl (C=O) groups is 1. The van der Waals surface area contributed by atoms with E-state index in [9.17, 15) is 9.90 Å². The Labute approximate surface area is 124 Å². The zero-order chi connectivity index (χ0) is 14.6. The maximum Gasteiger partial charge on any atom is 0.251 e. The maximum absolute atomic E-state index is 12.4. The van der Waals surface area contributed by atoms with Crippen LogP contribution in [0.4, 0.5) is 0 Å². The Morgan fingerprint density at radius 1 is 1.45 bits per heavy atom. The molecule has 2 N–H and O–H groups in total. The summed E-state index contributed by atoms with van der Waals surface area (Å²) in [6.07, 6.45) is 5.49. The van der Waals surface area contributed by atoms with E-state index in [0.717, 1.165) is 44.2 Å². The molecule has 1 fully saturated rings. The number of aliphatic hydroxyl groups excluding tert-OH is 1. The van der Waals surface area contributed by atoms with Crippen molar-refractivity contribution in [2.45, 2.75) is 51.0 Å². The highest BCUT2D eigenvalue weighted by molar-refractivity contribution is 6.29. The van der Waals surface area contributed by atoms with Crippen LogP contribution in [0.15, 0.2) is 12.1 Å². The molecule has 1 amide bonds. The molecule has 110 valence electrons. The van der Waals surface area contributed by atoms with Gasteiger partial charge in [-0.2, -0.15) is 0 Å². The molecule has 5 heteroatoms. The van der Waals surface area contributed by atoms with Gasteiger partial charge in [-0.15, -0.1) is 0 Å². The highest BCUT2D eigenvalue weighted by Gasteiger charge is 2.34. The molecule has 1 saturated carbocycles. The summed E-state index contributed by atoms with van der Waals surface area (Å²) in [5.41, 5.74) is 0.889.